The molecule has 1 saturated heterocycles. The van der Waals surface area contributed by atoms with Gasteiger partial charge in [0.2, 0.25) is 11.8 Å². The Morgan fingerprint density at radius 3 is 2.24 bits per heavy atom. The summed E-state index contributed by atoms with van der Waals surface area (Å²) in [7, 11) is 0. The van der Waals surface area contributed by atoms with Crippen LogP contribution in [0.5, 0.6) is 0 Å². The van der Waals surface area contributed by atoms with Gasteiger partial charge in [-0.3, -0.25) is 19.4 Å². The Morgan fingerprint density at radius 2 is 1.62 bits per heavy atom. The molecule has 0 spiro atoms. The van der Waals surface area contributed by atoms with Crippen molar-refractivity contribution in [2.45, 2.75) is 59.4 Å². The molecule has 1 aliphatic heterocycles. The topological polar surface area (TPSA) is 64.7 Å². The highest BCUT2D eigenvalue weighted by molar-refractivity contribution is 5.93. The maximum Gasteiger partial charge on any atom is 0.238 e. The first kappa shape index (κ1) is 23.4. The van der Waals surface area contributed by atoms with Crippen LogP contribution in [-0.4, -0.2) is 66.9 Å². The highest BCUT2D eigenvalue weighted by Gasteiger charge is 2.21. The zero-order valence-corrected chi connectivity index (χ0v) is 18.6. The molecule has 1 aromatic carbocycles. The maximum absolute atomic E-state index is 12.4. The Balaban J connectivity index is 1.67. The second-order valence-electron chi connectivity index (χ2n) is 8.31. The van der Waals surface area contributed by atoms with Crippen LogP contribution >= 0.6 is 0 Å². The normalized spacial score (nSPS) is 16.4. The van der Waals surface area contributed by atoms with Gasteiger partial charge in [0, 0.05) is 37.9 Å². The number of piperazine rings is 1. The molecule has 2 rings (SSSR count). The lowest BCUT2D eigenvalue weighted by molar-refractivity contribution is -0.124. The molecule has 29 heavy (non-hydrogen) atoms. The average molecular weight is 403 g/mol. The number of carbonyl (C=O) groups excluding carboxylic acids is 2. The quantitative estimate of drug-likeness (QED) is 0.591. The Labute approximate surface area is 176 Å². The lowest BCUT2D eigenvalue weighted by Gasteiger charge is -2.34. The lowest BCUT2D eigenvalue weighted by atomic mass is 10.1. The molecule has 0 unspecified atom stereocenters. The predicted octanol–water partition coefficient (Wildman–Crippen LogP) is 2.94. The Morgan fingerprint density at radius 1 is 1.00 bits per heavy atom. The molecule has 6 nitrogen and oxygen atoms in total. The van der Waals surface area contributed by atoms with Crippen molar-refractivity contribution in [2.24, 2.45) is 0 Å². The molecule has 1 aliphatic rings. The van der Waals surface area contributed by atoms with Gasteiger partial charge in [0.15, 0.2) is 0 Å². The second kappa shape index (κ2) is 11.9. The molecule has 0 aromatic heterocycles. The number of unbranched alkanes of at least 4 members (excludes halogenated alkanes) is 2. The first-order chi connectivity index (χ1) is 13.9. The highest BCUT2D eigenvalue weighted by Crippen LogP contribution is 2.18. The number of amides is 2. The first-order valence-electron chi connectivity index (χ1n) is 11.0. The average Bonchev–Trinajstić information content (AvgIpc) is 2.67. The molecule has 0 aliphatic carbocycles. The number of benzene rings is 1. The molecular formula is C23H38N4O2. The maximum atomic E-state index is 12.4. The van der Waals surface area contributed by atoms with Gasteiger partial charge in [0.05, 0.1) is 13.1 Å². The summed E-state index contributed by atoms with van der Waals surface area (Å²) in [6.45, 7) is 12.4. The number of aryl methyl sites for hydroxylation is 1. The molecule has 1 atom stereocenters. The van der Waals surface area contributed by atoms with Gasteiger partial charge < -0.3 is 10.6 Å². The molecule has 6 heteroatoms. The minimum atomic E-state index is 0.0193. The summed E-state index contributed by atoms with van der Waals surface area (Å²) in [6.07, 6.45) is 4.64. The van der Waals surface area contributed by atoms with E-state index < -0.39 is 0 Å². The molecule has 0 bridgehead atoms. The van der Waals surface area contributed by atoms with Gasteiger partial charge >= 0.3 is 0 Å². The van der Waals surface area contributed by atoms with Gasteiger partial charge in [0.1, 0.15) is 0 Å². The van der Waals surface area contributed by atoms with Crippen LogP contribution < -0.4 is 10.6 Å². The van der Waals surface area contributed by atoms with E-state index in [0.29, 0.717) is 13.1 Å². The molecule has 2 N–H and O–H groups in total. The fraction of sp³-hybridized carbons (Fsp3) is 0.652. The molecule has 2 amide bonds. The van der Waals surface area contributed by atoms with Crippen molar-refractivity contribution in [1.29, 1.82) is 0 Å². The molecule has 0 saturated carbocycles. The van der Waals surface area contributed by atoms with Gasteiger partial charge in [-0.2, -0.15) is 0 Å². The van der Waals surface area contributed by atoms with Gasteiger partial charge in [-0.15, -0.1) is 0 Å². The van der Waals surface area contributed by atoms with E-state index in [9.17, 15) is 9.59 Å². The van der Waals surface area contributed by atoms with Crippen LogP contribution in [0, 0.1) is 13.8 Å². The van der Waals surface area contributed by atoms with E-state index in [0.717, 1.165) is 43.9 Å². The number of carbonyl (C=O) groups is 2. The third kappa shape index (κ3) is 8.15. The summed E-state index contributed by atoms with van der Waals surface area (Å²) < 4.78 is 0. The summed E-state index contributed by atoms with van der Waals surface area (Å²) in [6, 6.07) is 6.20. The third-order valence-electron chi connectivity index (χ3n) is 5.73. The third-order valence-corrected chi connectivity index (χ3v) is 5.73. The molecular weight excluding hydrogens is 364 g/mol. The van der Waals surface area contributed by atoms with Crippen LogP contribution in [0.15, 0.2) is 18.2 Å². The fourth-order valence-electron chi connectivity index (χ4n) is 3.68. The van der Waals surface area contributed by atoms with E-state index in [1.54, 1.807) is 0 Å². The molecule has 1 heterocycles. The van der Waals surface area contributed by atoms with Crippen molar-refractivity contribution in [3.8, 4) is 0 Å². The second-order valence-corrected chi connectivity index (χ2v) is 8.31. The van der Waals surface area contributed by atoms with Crippen LogP contribution in [0.25, 0.3) is 0 Å². The molecule has 162 valence electrons. The summed E-state index contributed by atoms with van der Waals surface area (Å²) in [5.41, 5.74) is 3.17. The van der Waals surface area contributed by atoms with Gasteiger partial charge in [-0.1, -0.05) is 38.3 Å². The van der Waals surface area contributed by atoms with E-state index in [2.05, 4.69) is 34.3 Å². The van der Waals surface area contributed by atoms with E-state index >= 15 is 0 Å². The fourth-order valence-corrected chi connectivity index (χ4v) is 3.68. The standard InChI is InChI=1S/C23H38N4O2/c1-5-6-7-10-19(3)24-22(28)16-26-12-14-27(15-13-26)17-23(29)25-21-11-8-9-18(2)20(21)4/h8-9,11,19H,5-7,10,12-17H2,1-4H3,(H,24,28)(H,25,29)/t19-/m0/s1. The van der Waals surface area contributed by atoms with Crippen molar-refractivity contribution in [1.82, 2.24) is 15.1 Å². The smallest absolute Gasteiger partial charge is 0.238 e. The largest absolute Gasteiger partial charge is 0.353 e. The van der Waals surface area contributed by atoms with Crippen LogP contribution in [0.4, 0.5) is 5.69 Å². The van der Waals surface area contributed by atoms with E-state index in [1.807, 2.05) is 32.0 Å². The molecule has 0 radical (unpaired) electrons. The van der Waals surface area contributed by atoms with Crippen LogP contribution in [-0.2, 0) is 9.59 Å². The summed E-state index contributed by atoms with van der Waals surface area (Å²) in [5, 5.41) is 6.13. The van der Waals surface area contributed by atoms with Crippen molar-refractivity contribution < 1.29 is 9.59 Å². The van der Waals surface area contributed by atoms with E-state index in [-0.39, 0.29) is 17.9 Å². The zero-order valence-electron chi connectivity index (χ0n) is 18.6. The number of hydrogen-bond acceptors (Lipinski definition) is 4. The first-order valence-corrected chi connectivity index (χ1v) is 11.0. The summed E-state index contributed by atoms with van der Waals surface area (Å²) in [5.74, 6) is 0.126. The number of anilines is 1. The van der Waals surface area contributed by atoms with Crippen LogP contribution in [0.2, 0.25) is 0 Å². The predicted molar refractivity (Wildman–Crippen MR) is 119 cm³/mol. The monoisotopic (exact) mass is 402 g/mol. The number of hydrogen-bond donors (Lipinski definition) is 2. The minimum Gasteiger partial charge on any atom is -0.353 e. The van der Waals surface area contributed by atoms with Gasteiger partial charge in [-0.05, 0) is 44.4 Å². The van der Waals surface area contributed by atoms with E-state index in [4.69, 9.17) is 0 Å². The van der Waals surface area contributed by atoms with Crippen LogP contribution in [0.3, 0.4) is 0 Å². The van der Waals surface area contributed by atoms with E-state index in [1.165, 1.54) is 24.8 Å². The van der Waals surface area contributed by atoms with Gasteiger partial charge in [-0.25, -0.2) is 0 Å². The summed E-state index contributed by atoms with van der Waals surface area (Å²) in [4.78, 5) is 29.0. The minimum absolute atomic E-state index is 0.0193. The van der Waals surface area contributed by atoms with Crippen molar-refractivity contribution in [3.63, 3.8) is 0 Å². The Bertz CT molecular complexity index is 669. The number of rotatable bonds is 10. The Hall–Kier alpha value is -1.92. The van der Waals surface area contributed by atoms with Gasteiger partial charge in [0.25, 0.3) is 0 Å². The number of nitrogens with one attached hydrogen (secondary N) is 2. The van der Waals surface area contributed by atoms with Crippen LogP contribution in [0.1, 0.15) is 50.7 Å². The lowest BCUT2D eigenvalue weighted by Crippen LogP contribution is -2.51. The SMILES string of the molecule is CCCCC[C@H](C)NC(=O)CN1CCN(CC(=O)Nc2cccc(C)c2C)CC1. The zero-order chi connectivity index (χ0) is 21.2. The summed E-state index contributed by atoms with van der Waals surface area (Å²) >= 11 is 0. The molecule has 1 aromatic rings. The van der Waals surface area contributed by atoms with Crippen molar-refractivity contribution in [3.05, 3.63) is 29.3 Å². The number of nitrogens with zero attached hydrogens (tertiary/aromatic N) is 2. The van der Waals surface area contributed by atoms with Crippen molar-refractivity contribution in [2.75, 3.05) is 44.6 Å². The Kier molecular flexibility index (Phi) is 9.61. The van der Waals surface area contributed by atoms with Crippen molar-refractivity contribution >= 4 is 17.5 Å². The molecule has 1 fully saturated rings. The highest BCUT2D eigenvalue weighted by atomic mass is 16.2.